The van der Waals surface area contributed by atoms with Gasteiger partial charge in [0.15, 0.2) is 0 Å². The zero-order chi connectivity index (χ0) is 21.8. The van der Waals surface area contributed by atoms with Crippen LogP contribution < -0.4 is 15.2 Å². The predicted molar refractivity (Wildman–Crippen MR) is 120 cm³/mol. The Morgan fingerprint density at radius 1 is 1.10 bits per heavy atom. The molecule has 8 heteroatoms. The summed E-state index contributed by atoms with van der Waals surface area (Å²) < 4.78 is 5.44. The number of anilines is 1. The maximum Gasteiger partial charge on any atom is 0.271 e. The number of nitrogens with zero attached hydrogens (tertiary/aromatic N) is 3. The molecule has 0 bridgehead atoms. The zero-order valence-corrected chi connectivity index (χ0v) is 18.1. The maximum absolute atomic E-state index is 13.0. The van der Waals surface area contributed by atoms with Gasteiger partial charge in [-0.05, 0) is 36.4 Å². The lowest BCUT2D eigenvalue weighted by Crippen LogP contribution is -2.53. The van der Waals surface area contributed by atoms with Gasteiger partial charge in [0.1, 0.15) is 11.4 Å². The maximum atomic E-state index is 13.0. The molecule has 1 saturated heterocycles. The molecule has 4 rings (SSSR count). The average molecular weight is 441 g/mol. The molecule has 31 heavy (non-hydrogen) atoms. The summed E-state index contributed by atoms with van der Waals surface area (Å²) in [5.74, 6) is 0.626. The third-order valence-corrected chi connectivity index (χ3v) is 5.74. The van der Waals surface area contributed by atoms with E-state index < -0.39 is 0 Å². The van der Waals surface area contributed by atoms with E-state index in [1.807, 2.05) is 53.4 Å². The number of amides is 2. The molecule has 2 aromatic carbocycles. The Balaban J connectivity index is 1.36. The Kier molecular flexibility index (Phi) is 6.44. The zero-order valence-electron chi connectivity index (χ0n) is 17.4. The molecule has 162 valence electrons. The molecule has 2 aliphatic rings. The SMILES string of the molecule is COc1ccc(Cl)cc1CN1CCN(C(=O)C2=CCC(=O)N(c3ccccc3)N2)CC1. The van der Waals surface area contributed by atoms with Crippen LogP contribution in [0.3, 0.4) is 0 Å². The van der Waals surface area contributed by atoms with Crippen LogP contribution in [0.2, 0.25) is 5.02 Å². The van der Waals surface area contributed by atoms with Gasteiger partial charge in [0.25, 0.3) is 5.91 Å². The number of carbonyl (C=O) groups is 2. The number of methoxy groups -OCH3 is 1. The van der Waals surface area contributed by atoms with Gasteiger partial charge in [-0.3, -0.25) is 19.9 Å². The number of halogens is 1. The van der Waals surface area contributed by atoms with Gasteiger partial charge in [-0.15, -0.1) is 0 Å². The summed E-state index contributed by atoms with van der Waals surface area (Å²) in [6.45, 7) is 3.43. The Morgan fingerprint density at radius 2 is 1.84 bits per heavy atom. The minimum atomic E-state index is -0.0944. The molecule has 1 fully saturated rings. The van der Waals surface area contributed by atoms with Crippen molar-refractivity contribution >= 4 is 29.1 Å². The van der Waals surface area contributed by atoms with E-state index in [-0.39, 0.29) is 18.2 Å². The van der Waals surface area contributed by atoms with Gasteiger partial charge >= 0.3 is 0 Å². The number of piperazine rings is 1. The fourth-order valence-corrected chi connectivity index (χ4v) is 4.02. The number of hydrogen-bond acceptors (Lipinski definition) is 5. The van der Waals surface area contributed by atoms with Crippen LogP contribution in [0.15, 0.2) is 60.3 Å². The van der Waals surface area contributed by atoms with Gasteiger partial charge in [0, 0.05) is 49.7 Å². The van der Waals surface area contributed by atoms with Gasteiger partial charge in [0.2, 0.25) is 5.91 Å². The highest BCUT2D eigenvalue weighted by Crippen LogP contribution is 2.25. The molecule has 0 saturated carbocycles. The van der Waals surface area contributed by atoms with Crippen molar-refractivity contribution in [1.29, 1.82) is 0 Å². The molecule has 2 aliphatic heterocycles. The molecule has 0 spiro atoms. The van der Waals surface area contributed by atoms with Crippen LogP contribution in [0.4, 0.5) is 5.69 Å². The number of carbonyl (C=O) groups excluding carboxylic acids is 2. The second-order valence-electron chi connectivity index (χ2n) is 7.52. The van der Waals surface area contributed by atoms with Crippen LogP contribution in [0.1, 0.15) is 12.0 Å². The van der Waals surface area contributed by atoms with Crippen LogP contribution >= 0.6 is 11.6 Å². The smallest absolute Gasteiger partial charge is 0.271 e. The first kappa shape index (κ1) is 21.2. The number of para-hydroxylation sites is 1. The molecular weight excluding hydrogens is 416 g/mol. The van der Waals surface area contributed by atoms with E-state index in [0.29, 0.717) is 36.0 Å². The Labute approximate surface area is 186 Å². The molecule has 0 unspecified atom stereocenters. The van der Waals surface area contributed by atoms with Gasteiger partial charge < -0.3 is 9.64 Å². The highest BCUT2D eigenvalue weighted by molar-refractivity contribution is 6.30. The Morgan fingerprint density at radius 3 is 2.55 bits per heavy atom. The van der Waals surface area contributed by atoms with Crippen LogP contribution in [-0.2, 0) is 16.1 Å². The third-order valence-electron chi connectivity index (χ3n) is 5.50. The molecular formula is C23H25ClN4O3. The lowest BCUT2D eigenvalue weighted by atomic mass is 10.1. The number of ether oxygens (including phenoxy) is 1. The van der Waals surface area contributed by atoms with Gasteiger partial charge in [-0.2, -0.15) is 0 Å². The van der Waals surface area contributed by atoms with Gasteiger partial charge in [-0.25, -0.2) is 5.01 Å². The Bertz CT molecular complexity index is 988. The first-order valence-electron chi connectivity index (χ1n) is 10.2. The number of hydrazine groups is 1. The summed E-state index contributed by atoms with van der Waals surface area (Å²) in [4.78, 5) is 29.4. The fraction of sp³-hybridized carbons (Fsp3) is 0.304. The molecule has 2 aromatic rings. The minimum absolute atomic E-state index is 0.0894. The summed E-state index contributed by atoms with van der Waals surface area (Å²) in [5.41, 5.74) is 5.18. The van der Waals surface area contributed by atoms with Crippen molar-refractivity contribution in [3.8, 4) is 5.75 Å². The lowest BCUT2D eigenvalue weighted by molar-refractivity contribution is -0.129. The highest BCUT2D eigenvalue weighted by atomic mass is 35.5. The minimum Gasteiger partial charge on any atom is -0.496 e. The van der Waals surface area contributed by atoms with E-state index in [4.69, 9.17) is 16.3 Å². The summed E-state index contributed by atoms with van der Waals surface area (Å²) in [7, 11) is 1.65. The molecule has 2 amide bonds. The van der Waals surface area contributed by atoms with Gasteiger partial charge in [-0.1, -0.05) is 29.8 Å². The topological polar surface area (TPSA) is 65.1 Å². The molecule has 0 atom stereocenters. The third kappa shape index (κ3) is 4.84. The second kappa shape index (κ2) is 9.41. The van der Waals surface area contributed by atoms with E-state index in [0.717, 1.165) is 24.4 Å². The van der Waals surface area contributed by atoms with Crippen LogP contribution in [0.25, 0.3) is 0 Å². The number of hydrogen-bond donors (Lipinski definition) is 1. The lowest BCUT2D eigenvalue weighted by Gasteiger charge is -2.37. The first-order valence-corrected chi connectivity index (χ1v) is 10.6. The van der Waals surface area contributed by atoms with Crippen molar-refractivity contribution in [2.75, 3.05) is 38.3 Å². The molecule has 2 heterocycles. The number of nitrogens with one attached hydrogen (secondary N) is 1. The monoisotopic (exact) mass is 440 g/mol. The van der Waals surface area contributed by atoms with Crippen LogP contribution in [0, 0.1) is 0 Å². The van der Waals surface area contributed by atoms with Crippen molar-refractivity contribution in [2.45, 2.75) is 13.0 Å². The summed E-state index contributed by atoms with van der Waals surface area (Å²) in [5, 5.41) is 2.12. The Hall–Kier alpha value is -3.03. The molecule has 0 aliphatic carbocycles. The van der Waals surface area contributed by atoms with E-state index >= 15 is 0 Å². The van der Waals surface area contributed by atoms with E-state index in [1.54, 1.807) is 13.2 Å². The van der Waals surface area contributed by atoms with Crippen LogP contribution in [0.5, 0.6) is 5.75 Å². The summed E-state index contributed by atoms with van der Waals surface area (Å²) in [6.07, 6.45) is 1.87. The highest BCUT2D eigenvalue weighted by Gasteiger charge is 2.29. The summed E-state index contributed by atoms with van der Waals surface area (Å²) in [6, 6.07) is 14.9. The van der Waals surface area contributed by atoms with E-state index in [1.165, 1.54) is 5.01 Å². The molecule has 1 N–H and O–H groups in total. The normalized spacial score (nSPS) is 17.2. The quantitative estimate of drug-likeness (QED) is 0.774. The predicted octanol–water partition coefficient (Wildman–Crippen LogP) is 2.82. The summed E-state index contributed by atoms with van der Waals surface area (Å²) >= 11 is 6.14. The van der Waals surface area contributed by atoms with Crippen molar-refractivity contribution in [3.63, 3.8) is 0 Å². The second-order valence-corrected chi connectivity index (χ2v) is 7.96. The average Bonchev–Trinajstić information content (AvgIpc) is 2.80. The largest absolute Gasteiger partial charge is 0.496 e. The van der Waals surface area contributed by atoms with Crippen LogP contribution in [-0.4, -0.2) is 54.9 Å². The molecule has 0 aromatic heterocycles. The van der Waals surface area contributed by atoms with E-state index in [9.17, 15) is 9.59 Å². The standard InChI is InChI=1S/C23H25ClN4O3/c1-31-21-9-7-18(24)15-17(21)16-26-11-13-27(14-12-26)23(30)20-8-10-22(29)28(25-20)19-5-3-2-4-6-19/h2-9,15,25H,10-14,16H2,1H3. The van der Waals surface area contributed by atoms with Crippen molar-refractivity contribution < 1.29 is 14.3 Å². The molecule has 7 nitrogen and oxygen atoms in total. The van der Waals surface area contributed by atoms with Crippen molar-refractivity contribution in [1.82, 2.24) is 15.2 Å². The van der Waals surface area contributed by atoms with Crippen molar-refractivity contribution in [3.05, 3.63) is 70.9 Å². The van der Waals surface area contributed by atoms with E-state index in [2.05, 4.69) is 10.3 Å². The van der Waals surface area contributed by atoms with Crippen molar-refractivity contribution in [2.24, 2.45) is 0 Å². The first-order chi connectivity index (χ1) is 15.0. The molecule has 0 radical (unpaired) electrons. The van der Waals surface area contributed by atoms with Gasteiger partial charge in [0.05, 0.1) is 12.8 Å². The number of benzene rings is 2. The number of rotatable bonds is 5. The fourth-order valence-electron chi connectivity index (χ4n) is 3.82.